The molecular weight excluding hydrogens is 239 g/mol. The van der Waals surface area contributed by atoms with Crippen molar-refractivity contribution in [3.63, 3.8) is 0 Å². The van der Waals surface area contributed by atoms with Gasteiger partial charge in [0, 0.05) is 11.1 Å². The van der Waals surface area contributed by atoms with Gasteiger partial charge in [0.25, 0.3) is 0 Å². The highest BCUT2D eigenvalue weighted by Crippen LogP contribution is 1.88. The second kappa shape index (κ2) is 17.7. The van der Waals surface area contributed by atoms with Crippen molar-refractivity contribution in [3.8, 4) is 0 Å². The number of carboxylic acid groups (broad SMARTS) is 2. The van der Waals surface area contributed by atoms with Crippen LogP contribution in [0.1, 0.15) is 47.0 Å². The van der Waals surface area contributed by atoms with E-state index < -0.39 is 11.9 Å². The Bertz CT molecular complexity index is 210. The molecule has 0 heterocycles. The summed E-state index contributed by atoms with van der Waals surface area (Å²) in [6.45, 7) is 13.6. The third-order valence-electron chi connectivity index (χ3n) is 1.44. The molecule has 0 bridgehead atoms. The van der Waals surface area contributed by atoms with E-state index in [1.165, 1.54) is 33.1 Å². The van der Waals surface area contributed by atoms with E-state index in [2.05, 4.69) is 27.0 Å². The fourth-order valence-electron chi connectivity index (χ4n) is 0.354. The Labute approximate surface area is 108 Å². The molecule has 0 aromatic heterocycles. The van der Waals surface area contributed by atoms with Crippen molar-refractivity contribution in [2.45, 2.75) is 47.0 Å². The maximum atomic E-state index is 9.60. The number of rotatable bonds is 4. The highest BCUT2D eigenvalue weighted by atomic mass is 19.0. The first-order chi connectivity index (χ1) is 7.70. The minimum Gasteiger partial charge on any atom is -0.478 e. The van der Waals surface area contributed by atoms with Gasteiger partial charge in [-0.05, 0) is 13.8 Å². The molecule has 0 radical (unpaired) electrons. The van der Waals surface area contributed by atoms with E-state index in [9.17, 15) is 9.59 Å². The van der Waals surface area contributed by atoms with E-state index in [4.69, 9.17) is 10.2 Å². The topological polar surface area (TPSA) is 74.6 Å². The Kier molecular flexibility index (Phi) is 24.9. The lowest BCUT2D eigenvalue weighted by atomic mass is 10.3. The first-order valence-corrected chi connectivity index (χ1v) is 5.48. The molecule has 0 aromatic rings. The molecule has 108 valence electrons. The SMILES string of the molecule is C=C(C)C(=O)O.C=C(C)C(=O)O.CCCCC.F. The summed E-state index contributed by atoms with van der Waals surface area (Å²) in [6.07, 6.45) is 4.08. The fourth-order valence-corrected chi connectivity index (χ4v) is 0.354. The van der Waals surface area contributed by atoms with Gasteiger partial charge in [-0.25, -0.2) is 9.59 Å². The maximum absolute atomic E-state index is 9.60. The molecule has 0 amide bonds. The van der Waals surface area contributed by atoms with Crippen LogP contribution in [0.3, 0.4) is 0 Å². The van der Waals surface area contributed by atoms with Crippen LogP contribution in [0, 0.1) is 0 Å². The molecular formula is C13H25FO4. The molecule has 0 aliphatic rings. The van der Waals surface area contributed by atoms with Gasteiger partial charge in [-0.15, -0.1) is 0 Å². The Morgan fingerprint density at radius 3 is 1.06 bits per heavy atom. The van der Waals surface area contributed by atoms with Crippen molar-refractivity contribution in [1.82, 2.24) is 0 Å². The summed E-state index contributed by atoms with van der Waals surface area (Å²) in [7, 11) is 0. The number of aliphatic carboxylic acids is 2. The average molecular weight is 264 g/mol. The lowest BCUT2D eigenvalue weighted by molar-refractivity contribution is -0.133. The van der Waals surface area contributed by atoms with Crippen molar-refractivity contribution < 1.29 is 24.5 Å². The number of hydrogen-bond donors (Lipinski definition) is 2. The molecule has 4 nitrogen and oxygen atoms in total. The third-order valence-corrected chi connectivity index (χ3v) is 1.44. The largest absolute Gasteiger partial charge is 0.478 e. The second-order valence-corrected chi connectivity index (χ2v) is 3.52. The Morgan fingerprint density at radius 2 is 1.06 bits per heavy atom. The lowest BCUT2D eigenvalue weighted by Gasteiger charge is -1.79. The Balaban J connectivity index is -0.0000000799. The fraction of sp³-hybridized carbons (Fsp3) is 0.538. The minimum absolute atomic E-state index is 0. The van der Waals surface area contributed by atoms with E-state index in [0.717, 1.165) is 0 Å². The number of carbonyl (C=O) groups is 2. The number of hydrogen-bond acceptors (Lipinski definition) is 2. The number of carboxylic acids is 2. The van der Waals surface area contributed by atoms with Gasteiger partial charge < -0.3 is 10.2 Å². The van der Waals surface area contributed by atoms with Crippen molar-refractivity contribution in [2.24, 2.45) is 0 Å². The summed E-state index contributed by atoms with van der Waals surface area (Å²) < 4.78 is 0. The van der Waals surface area contributed by atoms with Gasteiger partial charge in [0.15, 0.2) is 0 Å². The summed E-state index contributed by atoms with van der Waals surface area (Å²) in [5.41, 5.74) is 0.352. The molecule has 0 saturated carbocycles. The average Bonchev–Trinajstić information content (AvgIpc) is 2.20. The van der Waals surface area contributed by atoms with Gasteiger partial charge in [-0.2, -0.15) is 0 Å². The molecule has 0 unspecified atom stereocenters. The van der Waals surface area contributed by atoms with Gasteiger partial charge in [0.1, 0.15) is 0 Å². The molecule has 0 spiro atoms. The standard InChI is InChI=1S/C5H12.2C4H6O2.FH/c1-3-5-4-2;2*1-3(2)4(5)6;/h3-5H2,1-2H3;2*1H2,2H3,(H,5,6);1H. The van der Waals surface area contributed by atoms with Crippen molar-refractivity contribution in [2.75, 3.05) is 0 Å². The van der Waals surface area contributed by atoms with Crippen LogP contribution in [0.15, 0.2) is 24.3 Å². The van der Waals surface area contributed by atoms with E-state index in [-0.39, 0.29) is 15.9 Å². The molecule has 0 aliphatic heterocycles. The van der Waals surface area contributed by atoms with E-state index in [1.807, 2.05) is 0 Å². The molecule has 5 heteroatoms. The van der Waals surface area contributed by atoms with Gasteiger partial charge in [0.05, 0.1) is 0 Å². The van der Waals surface area contributed by atoms with Crippen LogP contribution < -0.4 is 0 Å². The zero-order chi connectivity index (χ0) is 14.4. The van der Waals surface area contributed by atoms with Gasteiger partial charge in [0.2, 0.25) is 0 Å². The van der Waals surface area contributed by atoms with Crippen molar-refractivity contribution in [3.05, 3.63) is 24.3 Å². The van der Waals surface area contributed by atoms with Crippen molar-refractivity contribution in [1.29, 1.82) is 0 Å². The van der Waals surface area contributed by atoms with Gasteiger partial charge in [-0.3, -0.25) is 4.70 Å². The molecule has 2 N–H and O–H groups in total. The summed E-state index contributed by atoms with van der Waals surface area (Å²) >= 11 is 0. The zero-order valence-corrected chi connectivity index (χ0v) is 11.7. The quantitative estimate of drug-likeness (QED) is 0.760. The predicted molar refractivity (Wildman–Crippen MR) is 72.6 cm³/mol. The molecule has 0 atom stereocenters. The molecule has 18 heavy (non-hydrogen) atoms. The zero-order valence-electron chi connectivity index (χ0n) is 11.7. The predicted octanol–water partition coefficient (Wildman–Crippen LogP) is 3.64. The van der Waals surface area contributed by atoms with E-state index in [1.54, 1.807) is 0 Å². The smallest absolute Gasteiger partial charge is 0.330 e. The molecule has 0 rings (SSSR count). The van der Waals surface area contributed by atoms with Gasteiger partial charge in [-0.1, -0.05) is 46.3 Å². The first-order valence-electron chi connectivity index (χ1n) is 5.48. The maximum Gasteiger partial charge on any atom is 0.330 e. The lowest BCUT2D eigenvalue weighted by Crippen LogP contribution is -1.92. The summed E-state index contributed by atoms with van der Waals surface area (Å²) in [4.78, 5) is 19.2. The minimum atomic E-state index is -0.935. The second-order valence-electron chi connectivity index (χ2n) is 3.52. The normalized spacial score (nSPS) is 7.33. The van der Waals surface area contributed by atoms with Crippen LogP contribution in [0.25, 0.3) is 0 Å². The van der Waals surface area contributed by atoms with Crippen LogP contribution in [-0.4, -0.2) is 22.2 Å². The number of halogens is 1. The van der Waals surface area contributed by atoms with Crippen LogP contribution in [0.5, 0.6) is 0 Å². The van der Waals surface area contributed by atoms with Crippen LogP contribution in [0.4, 0.5) is 4.70 Å². The van der Waals surface area contributed by atoms with Crippen LogP contribution in [-0.2, 0) is 9.59 Å². The molecule has 0 aromatic carbocycles. The van der Waals surface area contributed by atoms with Gasteiger partial charge >= 0.3 is 11.9 Å². The monoisotopic (exact) mass is 264 g/mol. The van der Waals surface area contributed by atoms with Crippen molar-refractivity contribution >= 4 is 11.9 Å². The Hall–Kier alpha value is -1.65. The molecule has 0 fully saturated rings. The van der Waals surface area contributed by atoms with E-state index in [0.29, 0.717) is 0 Å². The number of unbranched alkanes of at least 4 members (excludes halogenated alkanes) is 2. The highest BCUT2D eigenvalue weighted by molar-refractivity contribution is 5.85. The highest BCUT2D eigenvalue weighted by Gasteiger charge is 1.90. The summed E-state index contributed by atoms with van der Waals surface area (Å²) in [5, 5.41) is 15.8. The summed E-state index contributed by atoms with van der Waals surface area (Å²) in [6, 6.07) is 0. The van der Waals surface area contributed by atoms with E-state index >= 15 is 0 Å². The van der Waals surface area contributed by atoms with Crippen LogP contribution >= 0.6 is 0 Å². The summed E-state index contributed by atoms with van der Waals surface area (Å²) in [5.74, 6) is -1.87. The molecule has 0 aliphatic carbocycles. The molecule has 0 saturated heterocycles. The third kappa shape index (κ3) is 36.7. The first kappa shape index (κ1) is 25.3. The van der Waals surface area contributed by atoms with Crippen LogP contribution in [0.2, 0.25) is 0 Å². The Morgan fingerprint density at radius 1 is 0.889 bits per heavy atom.